The molecule has 23 heavy (non-hydrogen) atoms. The molecule has 3 heteroatoms. The molecule has 0 saturated carbocycles. The number of nitrogens with zero attached hydrogens (tertiary/aromatic N) is 1. The van der Waals surface area contributed by atoms with Crippen molar-refractivity contribution in [2.24, 2.45) is 0 Å². The van der Waals surface area contributed by atoms with Crippen LogP contribution in [0.15, 0.2) is 48.7 Å². The zero-order chi connectivity index (χ0) is 15.6. The molecule has 3 nitrogen and oxygen atoms in total. The first-order valence-corrected chi connectivity index (χ1v) is 8.35. The minimum Gasteiger partial charge on any atom is -0.497 e. The van der Waals surface area contributed by atoms with E-state index in [0.29, 0.717) is 0 Å². The van der Waals surface area contributed by atoms with Crippen LogP contribution in [0.2, 0.25) is 0 Å². The number of methoxy groups -OCH3 is 1. The highest BCUT2D eigenvalue weighted by molar-refractivity contribution is 5.82. The van der Waals surface area contributed by atoms with Crippen LogP contribution >= 0.6 is 0 Å². The fraction of sp³-hybridized carbons (Fsp3) is 0.300. The van der Waals surface area contributed by atoms with Gasteiger partial charge in [0.2, 0.25) is 0 Å². The molecule has 1 N–H and O–H groups in total. The van der Waals surface area contributed by atoms with Gasteiger partial charge in [0.25, 0.3) is 0 Å². The Hall–Kier alpha value is -2.42. The van der Waals surface area contributed by atoms with E-state index in [2.05, 4.69) is 46.8 Å². The van der Waals surface area contributed by atoms with Crippen molar-refractivity contribution in [3.8, 4) is 5.75 Å². The van der Waals surface area contributed by atoms with E-state index in [9.17, 15) is 0 Å². The lowest BCUT2D eigenvalue weighted by Crippen LogP contribution is -2.13. The Kier molecular flexibility index (Phi) is 3.70. The highest BCUT2D eigenvalue weighted by atomic mass is 16.5. The number of hydrogen-bond acceptors (Lipinski definition) is 3. The Morgan fingerprint density at radius 1 is 1.00 bits per heavy atom. The molecule has 0 spiro atoms. The van der Waals surface area contributed by atoms with Gasteiger partial charge in [0, 0.05) is 18.4 Å². The fourth-order valence-electron chi connectivity index (χ4n) is 3.58. The summed E-state index contributed by atoms with van der Waals surface area (Å²) < 4.78 is 5.28. The zero-order valence-corrected chi connectivity index (χ0v) is 13.5. The molecule has 1 aliphatic carbocycles. The number of rotatable bonds is 2. The predicted octanol–water partition coefficient (Wildman–Crippen LogP) is 4.65. The summed E-state index contributed by atoms with van der Waals surface area (Å²) in [5, 5.41) is 3.62. The van der Waals surface area contributed by atoms with Crippen LogP contribution in [0, 0.1) is 0 Å². The second kappa shape index (κ2) is 5.99. The van der Waals surface area contributed by atoms with E-state index >= 15 is 0 Å². The monoisotopic (exact) mass is 306 g/mol. The largest absolute Gasteiger partial charge is 0.497 e. The average Bonchev–Trinajstić information content (AvgIpc) is 2.84. The second-order valence-corrected chi connectivity index (χ2v) is 6.14. The number of benzene rings is 2. The van der Waals surface area contributed by atoms with E-state index in [-0.39, 0.29) is 0 Å². The van der Waals surface area contributed by atoms with Crippen LogP contribution in [0.3, 0.4) is 0 Å². The van der Waals surface area contributed by atoms with Gasteiger partial charge in [0.15, 0.2) is 0 Å². The van der Waals surface area contributed by atoms with Gasteiger partial charge in [-0.3, -0.25) is 0 Å². The Bertz CT molecular complexity index is 734. The van der Waals surface area contributed by atoms with Crippen LogP contribution < -0.4 is 15.0 Å². The lowest BCUT2D eigenvalue weighted by atomic mass is 9.89. The molecule has 1 aliphatic heterocycles. The van der Waals surface area contributed by atoms with Gasteiger partial charge in [-0.2, -0.15) is 0 Å². The van der Waals surface area contributed by atoms with E-state index in [1.54, 1.807) is 7.11 Å². The van der Waals surface area contributed by atoms with Gasteiger partial charge >= 0.3 is 0 Å². The Morgan fingerprint density at radius 2 is 1.83 bits per heavy atom. The summed E-state index contributed by atoms with van der Waals surface area (Å²) in [5.41, 5.74) is 6.73. The number of hydrogen-bond donors (Lipinski definition) is 1. The number of aryl methyl sites for hydroxylation is 1. The molecular formula is C20H22N2O. The predicted molar refractivity (Wildman–Crippen MR) is 95.8 cm³/mol. The second-order valence-electron chi connectivity index (χ2n) is 6.14. The van der Waals surface area contributed by atoms with Crippen LogP contribution in [0.4, 0.5) is 17.1 Å². The SMILES string of the molecule is COc1ccc(N2C=CCNc3c2ccc2c3CCCC2)cc1. The molecule has 0 radical (unpaired) electrons. The molecule has 0 amide bonds. The lowest BCUT2D eigenvalue weighted by molar-refractivity contribution is 0.415. The molecule has 0 atom stereocenters. The molecule has 0 fully saturated rings. The van der Waals surface area contributed by atoms with Crippen molar-refractivity contribution >= 4 is 17.1 Å². The van der Waals surface area contributed by atoms with Crippen LogP contribution in [-0.2, 0) is 12.8 Å². The van der Waals surface area contributed by atoms with Crippen molar-refractivity contribution in [3.05, 3.63) is 59.8 Å². The maximum atomic E-state index is 5.28. The Balaban J connectivity index is 1.79. The van der Waals surface area contributed by atoms with Gasteiger partial charge in [-0.1, -0.05) is 6.07 Å². The molecule has 2 aromatic carbocycles. The standard InChI is InChI=1S/C20H22N2O/c1-23-17-10-8-16(9-11-17)22-14-4-13-21-20-18-6-3-2-5-15(18)7-12-19(20)22/h4,7-12,14,21H,2-3,5-6,13H2,1H3. The van der Waals surface area contributed by atoms with E-state index in [4.69, 9.17) is 4.74 Å². The number of ether oxygens (including phenoxy) is 1. The maximum Gasteiger partial charge on any atom is 0.119 e. The fourth-order valence-corrected chi connectivity index (χ4v) is 3.58. The van der Waals surface area contributed by atoms with Gasteiger partial charge in [-0.15, -0.1) is 0 Å². The molecule has 0 saturated heterocycles. The summed E-state index contributed by atoms with van der Waals surface area (Å²) >= 11 is 0. The first kappa shape index (κ1) is 14.2. The van der Waals surface area contributed by atoms with E-state index in [0.717, 1.165) is 18.0 Å². The molecule has 2 aliphatic rings. The summed E-state index contributed by atoms with van der Waals surface area (Å²) in [7, 11) is 1.70. The van der Waals surface area contributed by atoms with Gasteiger partial charge < -0.3 is 15.0 Å². The normalized spacial score (nSPS) is 16.1. The topological polar surface area (TPSA) is 24.5 Å². The molecule has 0 aromatic heterocycles. The summed E-state index contributed by atoms with van der Waals surface area (Å²) in [6.07, 6.45) is 9.34. The summed E-state index contributed by atoms with van der Waals surface area (Å²) in [4.78, 5) is 2.27. The van der Waals surface area contributed by atoms with Crippen molar-refractivity contribution in [2.45, 2.75) is 25.7 Å². The van der Waals surface area contributed by atoms with Crippen LogP contribution in [0.5, 0.6) is 5.75 Å². The zero-order valence-electron chi connectivity index (χ0n) is 13.5. The molecule has 4 rings (SSSR count). The van der Waals surface area contributed by atoms with Crippen LogP contribution in [0.25, 0.3) is 0 Å². The Labute approximate surface area is 137 Å². The molecular weight excluding hydrogens is 284 g/mol. The first-order valence-electron chi connectivity index (χ1n) is 8.35. The van der Waals surface area contributed by atoms with Gasteiger partial charge in [-0.25, -0.2) is 0 Å². The lowest BCUT2D eigenvalue weighted by Gasteiger charge is -2.27. The summed E-state index contributed by atoms with van der Waals surface area (Å²) in [6.45, 7) is 0.871. The van der Waals surface area contributed by atoms with Crippen molar-refractivity contribution < 1.29 is 4.74 Å². The molecule has 118 valence electrons. The molecule has 1 heterocycles. The van der Waals surface area contributed by atoms with E-state index < -0.39 is 0 Å². The van der Waals surface area contributed by atoms with Gasteiger partial charge in [-0.05, 0) is 73.2 Å². The van der Waals surface area contributed by atoms with Crippen molar-refractivity contribution in [1.82, 2.24) is 0 Å². The average molecular weight is 306 g/mol. The minimum absolute atomic E-state index is 0.871. The number of fused-ring (bicyclic) bond motifs is 3. The number of anilines is 3. The third-order valence-electron chi connectivity index (χ3n) is 4.77. The summed E-state index contributed by atoms with van der Waals surface area (Å²) in [5.74, 6) is 0.886. The minimum atomic E-state index is 0.871. The smallest absolute Gasteiger partial charge is 0.119 e. The highest BCUT2D eigenvalue weighted by Crippen LogP contribution is 2.40. The van der Waals surface area contributed by atoms with Crippen molar-refractivity contribution in [2.75, 3.05) is 23.9 Å². The molecule has 0 unspecified atom stereocenters. The van der Waals surface area contributed by atoms with Crippen molar-refractivity contribution in [1.29, 1.82) is 0 Å². The van der Waals surface area contributed by atoms with Crippen LogP contribution in [0.1, 0.15) is 24.0 Å². The first-order chi connectivity index (χ1) is 11.4. The van der Waals surface area contributed by atoms with E-state index in [1.807, 2.05) is 12.1 Å². The molecule has 2 aromatic rings. The van der Waals surface area contributed by atoms with E-state index in [1.165, 1.54) is 48.2 Å². The molecule has 0 bridgehead atoms. The third kappa shape index (κ3) is 2.56. The van der Waals surface area contributed by atoms with Gasteiger partial charge in [0.1, 0.15) is 5.75 Å². The maximum absolute atomic E-state index is 5.28. The van der Waals surface area contributed by atoms with Crippen molar-refractivity contribution in [3.63, 3.8) is 0 Å². The quantitative estimate of drug-likeness (QED) is 0.874. The van der Waals surface area contributed by atoms with Crippen LogP contribution in [-0.4, -0.2) is 13.7 Å². The Morgan fingerprint density at radius 3 is 2.65 bits per heavy atom. The van der Waals surface area contributed by atoms with Gasteiger partial charge in [0.05, 0.1) is 18.5 Å². The third-order valence-corrected chi connectivity index (χ3v) is 4.77. The number of nitrogens with one attached hydrogen (secondary N) is 1. The summed E-state index contributed by atoms with van der Waals surface area (Å²) in [6, 6.07) is 12.8. The highest BCUT2D eigenvalue weighted by Gasteiger charge is 2.20.